The SMILES string of the molecule is COc1cc2c(cc1OC)C([C@H](Cc1ccccc1)NC(=O)Cc1ccc(Cl)cc1)=NCC2. The average Bonchev–Trinajstić information content (AvgIpc) is 2.84. The molecule has 33 heavy (non-hydrogen) atoms. The molecule has 1 N–H and O–H groups in total. The topological polar surface area (TPSA) is 59.9 Å². The van der Waals surface area contributed by atoms with Crippen LogP contribution in [0, 0.1) is 0 Å². The fourth-order valence-corrected chi connectivity index (χ4v) is 4.27. The van der Waals surface area contributed by atoms with Crippen LogP contribution >= 0.6 is 11.6 Å². The van der Waals surface area contributed by atoms with Crippen molar-refractivity contribution in [1.82, 2.24) is 5.32 Å². The zero-order chi connectivity index (χ0) is 23.2. The lowest BCUT2D eigenvalue weighted by Crippen LogP contribution is -2.44. The Hall–Kier alpha value is -3.31. The van der Waals surface area contributed by atoms with Crippen LogP contribution in [-0.2, 0) is 24.1 Å². The van der Waals surface area contributed by atoms with Gasteiger partial charge in [0.05, 0.1) is 32.4 Å². The first-order chi connectivity index (χ1) is 16.1. The Bertz CT molecular complexity index is 1140. The first kappa shape index (κ1) is 22.9. The van der Waals surface area contributed by atoms with E-state index in [0.717, 1.165) is 34.4 Å². The molecule has 0 unspecified atom stereocenters. The van der Waals surface area contributed by atoms with Gasteiger partial charge in [0, 0.05) is 17.1 Å². The number of nitrogens with one attached hydrogen (secondary N) is 1. The Kier molecular flexibility index (Phi) is 7.30. The summed E-state index contributed by atoms with van der Waals surface area (Å²) in [7, 11) is 3.26. The number of aliphatic imine (C=N–C) groups is 1. The second kappa shape index (κ2) is 10.5. The van der Waals surface area contributed by atoms with Crippen molar-refractivity contribution in [3.63, 3.8) is 0 Å². The molecule has 0 fully saturated rings. The van der Waals surface area contributed by atoms with E-state index in [1.54, 1.807) is 26.4 Å². The summed E-state index contributed by atoms with van der Waals surface area (Å²) >= 11 is 5.98. The highest BCUT2D eigenvalue weighted by Crippen LogP contribution is 2.33. The van der Waals surface area contributed by atoms with Crippen molar-refractivity contribution < 1.29 is 14.3 Å². The molecule has 3 aromatic carbocycles. The van der Waals surface area contributed by atoms with E-state index in [-0.39, 0.29) is 18.4 Å². The average molecular weight is 463 g/mol. The van der Waals surface area contributed by atoms with Crippen molar-refractivity contribution >= 4 is 23.2 Å². The number of hydrogen-bond donors (Lipinski definition) is 1. The van der Waals surface area contributed by atoms with Gasteiger partial charge in [0.25, 0.3) is 0 Å². The number of carbonyl (C=O) groups is 1. The van der Waals surface area contributed by atoms with Crippen molar-refractivity contribution in [2.45, 2.75) is 25.3 Å². The normalized spacial score (nSPS) is 13.5. The molecule has 0 spiro atoms. The number of ether oxygens (including phenoxy) is 2. The minimum absolute atomic E-state index is 0.0615. The molecule has 5 nitrogen and oxygen atoms in total. The maximum Gasteiger partial charge on any atom is 0.224 e. The van der Waals surface area contributed by atoms with Gasteiger partial charge in [-0.25, -0.2) is 0 Å². The van der Waals surface area contributed by atoms with Gasteiger partial charge in [0.15, 0.2) is 11.5 Å². The molecule has 0 bridgehead atoms. The number of halogens is 1. The Labute approximate surface area is 199 Å². The summed E-state index contributed by atoms with van der Waals surface area (Å²) in [6.45, 7) is 0.663. The summed E-state index contributed by atoms with van der Waals surface area (Å²) in [5.74, 6) is 1.29. The Balaban J connectivity index is 1.64. The van der Waals surface area contributed by atoms with E-state index in [1.165, 1.54) is 0 Å². The summed E-state index contributed by atoms with van der Waals surface area (Å²) in [5.41, 5.74) is 5.04. The van der Waals surface area contributed by atoms with Gasteiger partial charge in [-0.2, -0.15) is 0 Å². The Morgan fingerprint density at radius 1 is 1.00 bits per heavy atom. The number of hydrogen-bond acceptors (Lipinski definition) is 4. The van der Waals surface area contributed by atoms with E-state index in [2.05, 4.69) is 17.4 Å². The maximum atomic E-state index is 13.0. The van der Waals surface area contributed by atoms with Crippen LogP contribution in [0.2, 0.25) is 5.02 Å². The van der Waals surface area contributed by atoms with Crippen LogP contribution in [0.4, 0.5) is 0 Å². The molecule has 1 amide bonds. The van der Waals surface area contributed by atoms with Crippen LogP contribution < -0.4 is 14.8 Å². The second-order valence-electron chi connectivity index (χ2n) is 7.99. The summed E-state index contributed by atoms with van der Waals surface area (Å²) in [6.07, 6.45) is 1.73. The number of nitrogens with zero attached hydrogens (tertiary/aromatic N) is 1. The number of benzene rings is 3. The molecular formula is C27H27ClN2O3. The molecule has 0 aromatic heterocycles. The predicted octanol–water partition coefficient (Wildman–Crippen LogP) is 4.67. The molecule has 1 heterocycles. The highest BCUT2D eigenvalue weighted by atomic mass is 35.5. The van der Waals surface area contributed by atoms with Gasteiger partial charge in [-0.1, -0.05) is 54.1 Å². The Morgan fingerprint density at radius 3 is 2.39 bits per heavy atom. The minimum atomic E-state index is -0.274. The molecule has 3 aromatic rings. The van der Waals surface area contributed by atoms with E-state index < -0.39 is 0 Å². The summed E-state index contributed by atoms with van der Waals surface area (Å²) in [6, 6.07) is 21.2. The lowest BCUT2D eigenvalue weighted by molar-refractivity contribution is -0.120. The van der Waals surface area contributed by atoms with Crippen LogP contribution in [0.1, 0.15) is 22.3 Å². The third-order valence-electron chi connectivity index (χ3n) is 5.77. The number of rotatable bonds is 8. The number of fused-ring (bicyclic) bond motifs is 1. The summed E-state index contributed by atoms with van der Waals surface area (Å²) < 4.78 is 11.0. The largest absolute Gasteiger partial charge is 0.493 e. The van der Waals surface area contributed by atoms with Gasteiger partial charge in [-0.15, -0.1) is 0 Å². The molecule has 170 valence electrons. The van der Waals surface area contributed by atoms with Gasteiger partial charge in [0.1, 0.15) is 0 Å². The van der Waals surface area contributed by atoms with E-state index in [4.69, 9.17) is 26.1 Å². The molecule has 0 radical (unpaired) electrons. The smallest absolute Gasteiger partial charge is 0.224 e. The zero-order valence-corrected chi connectivity index (χ0v) is 19.6. The van der Waals surface area contributed by atoms with Crippen LogP contribution in [0.15, 0.2) is 71.7 Å². The fourth-order valence-electron chi connectivity index (χ4n) is 4.15. The van der Waals surface area contributed by atoms with E-state index in [9.17, 15) is 4.79 Å². The van der Waals surface area contributed by atoms with Gasteiger partial charge in [-0.3, -0.25) is 9.79 Å². The van der Waals surface area contributed by atoms with Crippen LogP contribution in [0.5, 0.6) is 11.5 Å². The van der Waals surface area contributed by atoms with Crippen LogP contribution in [0.3, 0.4) is 0 Å². The molecule has 1 atom stereocenters. The first-order valence-electron chi connectivity index (χ1n) is 10.9. The van der Waals surface area contributed by atoms with Gasteiger partial charge in [0.2, 0.25) is 5.91 Å². The molecule has 0 aliphatic carbocycles. The van der Waals surface area contributed by atoms with Crippen molar-refractivity contribution in [3.05, 3.63) is 94.0 Å². The summed E-state index contributed by atoms with van der Waals surface area (Å²) in [4.78, 5) is 17.9. The third-order valence-corrected chi connectivity index (χ3v) is 6.03. The molecule has 0 saturated heterocycles. The van der Waals surface area contributed by atoms with Crippen molar-refractivity contribution in [2.75, 3.05) is 20.8 Å². The number of carbonyl (C=O) groups excluding carboxylic acids is 1. The highest BCUT2D eigenvalue weighted by Gasteiger charge is 2.26. The highest BCUT2D eigenvalue weighted by molar-refractivity contribution is 6.30. The van der Waals surface area contributed by atoms with Gasteiger partial charge in [-0.05, 0) is 53.8 Å². The van der Waals surface area contributed by atoms with Crippen LogP contribution in [-0.4, -0.2) is 38.4 Å². The molecule has 4 rings (SSSR count). The monoisotopic (exact) mass is 462 g/mol. The van der Waals surface area contributed by atoms with Gasteiger partial charge < -0.3 is 14.8 Å². The zero-order valence-electron chi connectivity index (χ0n) is 18.8. The third kappa shape index (κ3) is 5.55. The van der Waals surface area contributed by atoms with E-state index >= 15 is 0 Å². The quantitative estimate of drug-likeness (QED) is 0.529. The van der Waals surface area contributed by atoms with E-state index in [0.29, 0.717) is 29.5 Å². The molecule has 0 saturated carbocycles. The molecule has 6 heteroatoms. The maximum absolute atomic E-state index is 13.0. The fraction of sp³-hybridized carbons (Fsp3) is 0.259. The number of methoxy groups -OCH3 is 2. The molecule has 1 aliphatic heterocycles. The summed E-state index contributed by atoms with van der Waals surface area (Å²) in [5, 5.41) is 3.88. The Morgan fingerprint density at radius 2 is 1.70 bits per heavy atom. The van der Waals surface area contributed by atoms with Crippen LogP contribution in [0.25, 0.3) is 0 Å². The van der Waals surface area contributed by atoms with Gasteiger partial charge >= 0.3 is 0 Å². The first-order valence-corrected chi connectivity index (χ1v) is 11.3. The lowest BCUT2D eigenvalue weighted by atomic mass is 9.90. The number of amides is 1. The predicted molar refractivity (Wildman–Crippen MR) is 132 cm³/mol. The minimum Gasteiger partial charge on any atom is -0.493 e. The van der Waals surface area contributed by atoms with Crippen molar-refractivity contribution in [3.8, 4) is 11.5 Å². The van der Waals surface area contributed by atoms with E-state index in [1.807, 2.05) is 42.5 Å². The lowest BCUT2D eigenvalue weighted by Gasteiger charge is -2.26. The van der Waals surface area contributed by atoms with Crippen molar-refractivity contribution in [1.29, 1.82) is 0 Å². The standard InChI is InChI=1S/C27H27ClN2O3/c1-32-24-16-20-12-13-29-27(22(20)17-25(24)33-2)23(14-18-6-4-3-5-7-18)30-26(31)15-19-8-10-21(28)11-9-19/h3-11,16-17,23H,12-15H2,1-2H3,(H,30,31)/t23-/m0/s1. The van der Waals surface area contributed by atoms with Crippen molar-refractivity contribution in [2.24, 2.45) is 4.99 Å². The second-order valence-corrected chi connectivity index (χ2v) is 8.43. The molecular weight excluding hydrogens is 436 g/mol. The molecule has 1 aliphatic rings.